The molecule has 6 heteroatoms. The molecular weight excluding hydrogens is 314 g/mol. The first-order valence-electron chi connectivity index (χ1n) is 7.14. The van der Waals surface area contributed by atoms with Gasteiger partial charge < -0.3 is 10.1 Å². The smallest absolute Gasteiger partial charge is 0.255 e. The maximum atomic E-state index is 12.3. The third-order valence-electron chi connectivity index (χ3n) is 3.39. The van der Waals surface area contributed by atoms with E-state index in [0.717, 1.165) is 0 Å². The van der Waals surface area contributed by atoms with Crippen molar-refractivity contribution in [3.63, 3.8) is 0 Å². The molecule has 0 aliphatic heterocycles. The summed E-state index contributed by atoms with van der Waals surface area (Å²) in [7, 11) is -1.85. The van der Waals surface area contributed by atoms with E-state index in [9.17, 15) is 13.2 Å². The average Bonchev–Trinajstić information content (AvgIpc) is 2.55. The van der Waals surface area contributed by atoms with E-state index in [2.05, 4.69) is 5.32 Å². The number of anilines is 1. The van der Waals surface area contributed by atoms with Crippen LogP contribution in [0.15, 0.2) is 53.4 Å². The second-order valence-corrected chi connectivity index (χ2v) is 7.81. The molecule has 0 saturated heterocycles. The molecule has 0 unspecified atom stereocenters. The summed E-state index contributed by atoms with van der Waals surface area (Å²) < 4.78 is 29.4. The van der Waals surface area contributed by atoms with Gasteiger partial charge in [-0.05, 0) is 56.3 Å². The number of carbonyl (C=O) groups is 1. The lowest BCUT2D eigenvalue weighted by Crippen LogP contribution is -2.16. The molecule has 2 aromatic rings. The highest BCUT2D eigenvalue weighted by Crippen LogP contribution is 2.19. The van der Waals surface area contributed by atoms with Gasteiger partial charge in [-0.2, -0.15) is 0 Å². The number of rotatable bonds is 5. The summed E-state index contributed by atoms with van der Waals surface area (Å²) in [5.41, 5.74) is 0.899. The van der Waals surface area contributed by atoms with Gasteiger partial charge in [0.1, 0.15) is 5.75 Å². The SMILES string of the molecule is COc1ccc(NC(=O)c2cccc(S(=O)(=O)C(C)C)c2)cc1. The van der Waals surface area contributed by atoms with Gasteiger partial charge >= 0.3 is 0 Å². The van der Waals surface area contributed by atoms with Crippen LogP contribution in [-0.2, 0) is 9.84 Å². The number of methoxy groups -OCH3 is 1. The van der Waals surface area contributed by atoms with Crippen LogP contribution in [0.4, 0.5) is 5.69 Å². The van der Waals surface area contributed by atoms with Gasteiger partial charge in [0.15, 0.2) is 9.84 Å². The Hall–Kier alpha value is -2.34. The Morgan fingerprint density at radius 3 is 2.30 bits per heavy atom. The first-order chi connectivity index (χ1) is 10.8. The molecule has 23 heavy (non-hydrogen) atoms. The topological polar surface area (TPSA) is 72.5 Å². The van der Waals surface area contributed by atoms with Gasteiger partial charge in [0, 0.05) is 11.3 Å². The zero-order valence-corrected chi connectivity index (χ0v) is 14.1. The van der Waals surface area contributed by atoms with Crippen LogP contribution in [0.25, 0.3) is 0 Å². The Balaban J connectivity index is 2.23. The maximum absolute atomic E-state index is 12.3. The van der Waals surface area contributed by atoms with Gasteiger partial charge in [-0.25, -0.2) is 8.42 Å². The third kappa shape index (κ3) is 3.90. The first kappa shape index (κ1) is 17.0. The molecule has 2 aromatic carbocycles. The van der Waals surface area contributed by atoms with Crippen molar-refractivity contribution in [1.29, 1.82) is 0 Å². The second kappa shape index (κ2) is 6.83. The molecule has 0 atom stereocenters. The van der Waals surface area contributed by atoms with E-state index >= 15 is 0 Å². The van der Waals surface area contributed by atoms with E-state index in [1.54, 1.807) is 57.4 Å². The van der Waals surface area contributed by atoms with E-state index in [1.807, 2.05) is 0 Å². The summed E-state index contributed by atoms with van der Waals surface area (Å²) in [4.78, 5) is 12.4. The molecule has 0 spiro atoms. The van der Waals surface area contributed by atoms with Crippen LogP contribution in [0.5, 0.6) is 5.75 Å². The summed E-state index contributed by atoms with van der Waals surface area (Å²) in [6.07, 6.45) is 0. The van der Waals surface area contributed by atoms with Crippen molar-refractivity contribution in [3.8, 4) is 5.75 Å². The summed E-state index contributed by atoms with van der Waals surface area (Å²) >= 11 is 0. The fourth-order valence-electron chi connectivity index (χ4n) is 1.96. The number of hydrogen-bond acceptors (Lipinski definition) is 4. The van der Waals surface area contributed by atoms with Gasteiger partial charge in [0.05, 0.1) is 17.3 Å². The van der Waals surface area contributed by atoms with Crippen LogP contribution < -0.4 is 10.1 Å². The van der Waals surface area contributed by atoms with Gasteiger partial charge in [-0.3, -0.25) is 4.79 Å². The zero-order valence-electron chi connectivity index (χ0n) is 13.2. The van der Waals surface area contributed by atoms with Crippen LogP contribution >= 0.6 is 0 Å². The highest BCUT2D eigenvalue weighted by Gasteiger charge is 2.20. The van der Waals surface area contributed by atoms with Crippen molar-refractivity contribution < 1.29 is 17.9 Å². The first-order valence-corrected chi connectivity index (χ1v) is 8.68. The number of amides is 1. The molecule has 0 fully saturated rings. The predicted molar refractivity (Wildman–Crippen MR) is 89.7 cm³/mol. The fraction of sp³-hybridized carbons (Fsp3) is 0.235. The van der Waals surface area contributed by atoms with Crippen molar-refractivity contribution >= 4 is 21.4 Å². The fourth-order valence-corrected chi connectivity index (χ4v) is 3.07. The molecule has 0 radical (unpaired) electrons. The van der Waals surface area contributed by atoms with Crippen molar-refractivity contribution in [3.05, 3.63) is 54.1 Å². The summed E-state index contributed by atoms with van der Waals surface area (Å²) in [6, 6.07) is 12.9. The minimum Gasteiger partial charge on any atom is -0.497 e. The van der Waals surface area contributed by atoms with Crippen LogP contribution in [0.1, 0.15) is 24.2 Å². The molecule has 1 N–H and O–H groups in total. The maximum Gasteiger partial charge on any atom is 0.255 e. The standard InChI is InChI=1S/C17H19NO4S/c1-12(2)23(20,21)16-6-4-5-13(11-16)17(19)18-14-7-9-15(22-3)10-8-14/h4-12H,1-3H3,(H,18,19). The van der Waals surface area contributed by atoms with E-state index in [-0.39, 0.29) is 10.8 Å². The molecule has 1 amide bonds. The Kier molecular flexibility index (Phi) is 5.05. The van der Waals surface area contributed by atoms with Crippen molar-refractivity contribution in [2.75, 3.05) is 12.4 Å². The van der Waals surface area contributed by atoms with E-state index in [4.69, 9.17) is 4.74 Å². The second-order valence-electron chi connectivity index (χ2n) is 5.30. The summed E-state index contributed by atoms with van der Waals surface area (Å²) in [5.74, 6) is 0.323. The number of sulfone groups is 1. The molecular formula is C17H19NO4S. The molecule has 5 nitrogen and oxygen atoms in total. The minimum absolute atomic E-state index is 0.148. The normalized spacial score (nSPS) is 11.3. The lowest BCUT2D eigenvalue weighted by molar-refractivity contribution is 0.102. The summed E-state index contributed by atoms with van der Waals surface area (Å²) in [5, 5.41) is 2.19. The number of benzene rings is 2. The molecule has 0 bridgehead atoms. The van der Waals surface area contributed by atoms with Crippen LogP contribution in [0.2, 0.25) is 0 Å². The van der Waals surface area contributed by atoms with Crippen LogP contribution in [0, 0.1) is 0 Å². The van der Waals surface area contributed by atoms with Gasteiger partial charge in [0.2, 0.25) is 0 Å². The molecule has 0 aliphatic rings. The van der Waals surface area contributed by atoms with Crippen molar-refractivity contribution in [2.45, 2.75) is 24.0 Å². The largest absolute Gasteiger partial charge is 0.497 e. The zero-order chi connectivity index (χ0) is 17.0. The van der Waals surface area contributed by atoms with Gasteiger partial charge in [-0.15, -0.1) is 0 Å². The van der Waals surface area contributed by atoms with Crippen LogP contribution in [-0.4, -0.2) is 26.7 Å². The van der Waals surface area contributed by atoms with Crippen molar-refractivity contribution in [2.24, 2.45) is 0 Å². The molecule has 122 valence electrons. The molecule has 0 saturated carbocycles. The number of hydrogen-bond donors (Lipinski definition) is 1. The van der Waals surface area contributed by atoms with Gasteiger partial charge in [0.25, 0.3) is 5.91 Å². The van der Waals surface area contributed by atoms with Crippen LogP contribution in [0.3, 0.4) is 0 Å². The average molecular weight is 333 g/mol. The predicted octanol–water partition coefficient (Wildman–Crippen LogP) is 3.13. The molecule has 0 heterocycles. The summed E-state index contributed by atoms with van der Waals surface area (Å²) in [6.45, 7) is 3.22. The Labute approximate surface area is 136 Å². The quantitative estimate of drug-likeness (QED) is 0.912. The molecule has 2 rings (SSSR count). The lowest BCUT2D eigenvalue weighted by atomic mass is 10.2. The van der Waals surface area contributed by atoms with Crippen molar-refractivity contribution in [1.82, 2.24) is 0 Å². The number of ether oxygens (including phenoxy) is 1. The highest BCUT2D eigenvalue weighted by atomic mass is 32.2. The highest BCUT2D eigenvalue weighted by molar-refractivity contribution is 7.92. The Morgan fingerprint density at radius 2 is 1.74 bits per heavy atom. The third-order valence-corrected chi connectivity index (χ3v) is 5.55. The molecule has 0 aliphatic carbocycles. The molecule has 0 aromatic heterocycles. The number of nitrogens with one attached hydrogen (secondary N) is 1. The van der Waals surface area contributed by atoms with Gasteiger partial charge in [-0.1, -0.05) is 6.07 Å². The van der Waals surface area contributed by atoms with E-state index in [1.165, 1.54) is 12.1 Å². The monoisotopic (exact) mass is 333 g/mol. The minimum atomic E-state index is -3.41. The Morgan fingerprint density at radius 1 is 1.09 bits per heavy atom. The van der Waals surface area contributed by atoms with E-state index in [0.29, 0.717) is 17.0 Å². The number of carbonyl (C=O) groups excluding carboxylic acids is 1. The Bertz CT molecular complexity index is 796. The van der Waals surface area contributed by atoms with E-state index < -0.39 is 15.1 Å². The lowest BCUT2D eigenvalue weighted by Gasteiger charge is -2.10.